The number of methoxy groups -OCH3 is 1. The molecule has 0 radical (unpaired) electrons. The largest absolute Gasteiger partial charge is 0.496 e. The number of nitrogens with zero attached hydrogens (tertiary/aromatic N) is 1. The second-order valence-electron chi connectivity index (χ2n) is 9.10. The highest BCUT2D eigenvalue weighted by molar-refractivity contribution is 5.79. The van der Waals surface area contributed by atoms with Crippen molar-refractivity contribution in [3.8, 4) is 11.5 Å². The zero-order valence-corrected chi connectivity index (χ0v) is 19.8. The van der Waals surface area contributed by atoms with E-state index in [1.807, 2.05) is 0 Å². The Morgan fingerprint density at radius 1 is 1.18 bits per heavy atom. The van der Waals surface area contributed by atoms with Gasteiger partial charge >= 0.3 is 0 Å². The second-order valence-corrected chi connectivity index (χ2v) is 9.10. The maximum atomic E-state index is 11.5. The highest BCUT2D eigenvalue weighted by Gasteiger charge is 2.33. The van der Waals surface area contributed by atoms with E-state index >= 15 is 0 Å². The molecule has 0 aromatic heterocycles. The molecule has 1 fully saturated rings. The molecular formula is C27H34N2O4. The van der Waals surface area contributed by atoms with Gasteiger partial charge in [0.15, 0.2) is 0 Å². The summed E-state index contributed by atoms with van der Waals surface area (Å²) in [4.78, 5) is 13.8. The molecule has 4 rings (SSSR count). The number of amides is 1. The number of fused-ring (bicyclic) bond motifs is 1. The smallest absolute Gasteiger partial charge is 0.249 e. The van der Waals surface area contributed by atoms with E-state index in [1.165, 1.54) is 27.8 Å². The lowest BCUT2D eigenvalue weighted by Crippen LogP contribution is -2.53. The standard InChI is InChI=1S/C27H34N2O4/c1-4-5-19-6-7-22(26(12-19)32-3)17-33-24-10-11-25-18(2)21(9-8-20(25)13-24)14-29-15-23(16-29)27(30)28-31/h6-7,10-13,23,31H,4-5,8-9,14-17H2,1-3H3,(H,28,30). The lowest BCUT2D eigenvalue weighted by molar-refractivity contribution is -0.138. The minimum Gasteiger partial charge on any atom is -0.496 e. The van der Waals surface area contributed by atoms with E-state index in [0.717, 1.165) is 49.3 Å². The fourth-order valence-corrected chi connectivity index (χ4v) is 4.83. The minimum absolute atomic E-state index is 0.104. The van der Waals surface area contributed by atoms with Crippen LogP contribution in [-0.4, -0.2) is 42.8 Å². The van der Waals surface area contributed by atoms with E-state index in [2.05, 4.69) is 55.1 Å². The van der Waals surface area contributed by atoms with Crippen molar-refractivity contribution in [1.82, 2.24) is 10.4 Å². The third kappa shape index (κ3) is 5.23. The topological polar surface area (TPSA) is 71.0 Å². The Bertz CT molecular complexity index is 1040. The molecule has 176 valence electrons. The molecule has 2 aliphatic rings. The molecule has 0 unspecified atom stereocenters. The number of hydrogen-bond acceptors (Lipinski definition) is 5. The van der Waals surface area contributed by atoms with Crippen LogP contribution in [0.15, 0.2) is 42.0 Å². The van der Waals surface area contributed by atoms with Gasteiger partial charge in [-0.25, -0.2) is 5.48 Å². The summed E-state index contributed by atoms with van der Waals surface area (Å²) >= 11 is 0. The van der Waals surface area contributed by atoms with Crippen molar-refractivity contribution in [3.63, 3.8) is 0 Å². The Balaban J connectivity index is 1.39. The van der Waals surface area contributed by atoms with E-state index in [1.54, 1.807) is 12.6 Å². The Kier molecular flexibility index (Phi) is 7.36. The third-order valence-electron chi connectivity index (χ3n) is 6.84. The summed E-state index contributed by atoms with van der Waals surface area (Å²) < 4.78 is 11.7. The summed E-state index contributed by atoms with van der Waals surface area (Å²) in [6.07, 6.45) is 4.17. The van der Waals surface area contributed by atoms with E-state index in [9.17, 15) is 4.79 Å². The summed E-state index contributed by atoms with van der Waals surface area (Å²) in [6, 6.07) is 12.8. The summed E-state index contributed by atoms with van der Waals surface area (Å²) in [7, 11) is 1.71. The lowest BCUT2D eigenvalue weighted by Gasteiger charge is -2.39. The number of nitrogens with one attached hydrogen (secondary N) is 1. The third-order valence-corrected chi connectivity index (χ3v) is 6.84. The van der Waals surface area contributed by atoms with Crippen LogP contribution in [0.4, 0.5) is 0 Å². The van der Waals surface area contributed by atoms with Crippen LogP contribution in [0.3, 0.4) is 0 Å². The number of hydrogen-bond donors (Lipinski definition) is 2. The van der Waals surface area contributed by atoms with Gasteiger partial charge in [0.2, 0.25) is 5.91 Å². The van der Waals surface area contributed by atoms with Crippen LogP contribution >= 0.6 is 0 Å². The van der Waals surface area contributed by atoms with Gasteiger partial charge in [0.25, 0.3) is 0 Å². The van der Waals surface area contributed by atoms with Gasteiger partial charge in [-0.2, -0.15) is 0 Å². The molecule has 2 aromatic carbocycles. The fraction of sp³-hybridized carbons (Fsp3) is 0.444. The Labute approximate surface area is 196 Å². The first-order valence-electron chi connectivity index (χ1n) is 11.8. The Hall–Kier alpha value is -2.83. The maximum Gasteiger partial charge on any atom is 0.249 e. The van der Waals surface area contributed by atoms with Gasteiger partial charge in [-0.3, -0.25) is 14.9 Å². The molecule has 0 bridgehead atoms. The van der Waals surface area contributed by atoms with Gasteiger partial charge in [-0.1, -0.05) is 37.1 Å². The number of carbonyl (C=O) groups excluding carboxylic acids is 1. The predicted molar refractivity (Wildman–Crippen MR) is 129 cm³/mol. The van der Waals surface area contributed by atoms with Crippen LogP contribution in [0.1, 0.15) is 48.9 Å². The van der Waals surface area contributed by atoms with Crippen molar-refractivity contribution >= 4 is 11.5 Å². The first kappa shape index (κ1) is 23.3. The van der Waals surface area contributed by atoms with E-state index in [0.29, 0.717) is 19.7 Å². The highest BCUT2D eigenvalue weighted by Crippen LogP contribution is 2.35. The number of hydroxylamine groups is 1. The monoisotopic (exact) mass is 450 g/mol. The molecule has 1 amide bonds. The molecule has 0 saturated carbocycles. The quantitative estimate of drug-likeness (QED) is 0.438. The molecule has 1 heterocycles. The molecule has 1 aliphatic heterocycles. The first-order chi connectivity index (χ1) is 16.0. The van der Waals surface area contributed by atoms with Gasteiger partial charge in [0, 0.05) is 25.2 Å². The van der Waals surface area contributed by atoms with Gasteiger partial charge < -0.3 is 9.47 Å². The number of ether oxygens (including phenoxy) is 2. The fourth-order valence-electron chi connectivity index (χ4n) is 4.83. The van der Waals surface area contributed by atoms with Crippen molar-refractivity contribution in [1.29, 1.82) is 0 Å². The van der Waals surface area contributed by atoms with Crippen molar-refractivity contribution in [2.24, 2.45) is 5.92 Å². The van der Waals surface area contributed by atoms with Crippen LogP contribution < -0.4 is 15.0 Å². The normalized spacial score (nSPS) is 16.2. The summed E-state index contributed by atoms with van der Waals surface area (Å²) in [5, 5.41) is 8.77. The van der Waals surface area contributed by atoms with Crippen LogP contribution in [0.5, 0.6) is 11.5 Å². The van der Waals surface area contributed by atoms with Crippen LogP contribution in [-0.2, 0) is 24.2 Å². The van der Waals surface area contributed by atoms with Crippen molar-refractivity contribution in [3.05, 3.63) is 64.2 Å². The molecule has 1 aliphatic carbocycles. The average molecular weight is 451 g/mol. The summed E-state index contributed by atoms with van der Waals surface area (Å²) in [5.41, 5.74) is 9.45. The lowest BCUT2D eigenvalue weighted by atomic mass is 9.85. The highest BCUT2D eigenvalue weighted by atomic mass is 16.5. The van der Waals surface area contributed by atoms with E-state index < -0.39 is 0 Å². The number of aryl methyl sites for hydroxylation is 2. The van der Waals surface area contributed by atoms with Crippen LogP contribution in [0.25, 0.3) is 5.57 Å². The minimum atomic E-state index is -0.284. The Morgan fingerprint density at radius 2 is 2.00 bits per heavy atom. The molecule has 2 aromatic rings. The van der Waals surface area contributed by atoms with Crippen LogP contribution in [0, 0.1) is 5.92 Å². The van der Waals surface area contributed by atoms with Crippen molar-refractivity contribution in [2.45, 2.75) is 46.1 Å². The average Bonchev–Trinajstić information content (AvgIpc) is 2.81. The second kappa shape index (κ2) is 10.4. The Morgan fingerprint density at radius 3 is 2.73 bits per heavy atom. The molecule has 0 atom stereocenters. The van der Waals surface area contributed by atoms with Crippen molar-refractivity contribution in [2.75, 3.05) is 26.7 Å². The van der Waals surface area contributed by atoms with E-state index in [-0.39, 0.29) is 11.8 Å². The zero-order chi connectivity index (χ0) is 23.4. The molecule has 6 heteroatoms. The number of rotatable bonds is 9. The molecule has 2 N–H and O–H groups in total. The zero-order valence-electron chi connectivity index (χ0n) is 19.8. The first-order valence-corrected chi connectivity index (χ1v) is 11.8. The van der Waals surface area contributed by atoms with Gasteiger partial charge in [0.05, 0.1) is 13.0 Å². The van der Waals surface area contributed by atoms with Gasteiger partial charge in [-0.15, -0.1) is 0 Å². The van der Waals surface area contributed by atoms with Gasteiger partial charge in [0.1, 0.15) is 18.1 Å². The number of benzene rings is 2. The number of carbonyl (C=O) groups is 1. The summed E-state index contributed by atoms with van der Waals surface area (Å²) in [6.45, 7) is 7.13. The van der Waals surface area contributed by atoms with Crippen LogP contribution in [0.2, 0.25) is 0 Å². The number of allylic oxidation sites excluding steroid dienone is 1. The predicted octanol–water partition coefficient (Wildman–Crippen LogP) is 4.38. The molecular weight excluding hydrogens is 416 g/mol. The van der Waals surface area contributed by atoms with E-state index in [4.69, 9.17) is 14.7 Å². The molecule has 0 spiro atoms. The number of likely N-dealkylation sites (tertiary alicyclic amines) is 1. The van der Waals surface area contributed by atoms with Gasteiger partial charge in [-0.05, 0) is 66.6 Å². The van der Waals surface area contributed by atoms with Crippen molar-refractivity contribution < 1.29 is 19.5 Å². The maximum absolute atomic E-state index is 11.5. The summed E-state index contributed by atoms with van der Waals surface area (Å²) in [5.74, 6) is 1.37. The molecule has 6 nitrogen and oxygen atoms in total. The SMILES string of the molecule is CCCc1ccc(COc2ccc3c(c2)CCC(CN2CC(C(=O)NO)C2)=C3C)c(OC)c1. The molecule has 33 heavy (non-hydrogen) atoms. The molecule has 1 saturated heterocycles.